The molecular weight excluding hydrogens is 174 g/mol. The first-order valence-electron chi connectivity index (χ1n) is 4.65. The molecule has 0 spiro atoms. The van der Waals surface area contributed by atoms with Gasteiger partial charge in [0.05, 0.1) is 6.04 Å². The van der Waals surface area contributed by atoms with Gasteiger partial charge < -0.3 is 5.32 Å². The summed E-state index contributed by atoms with van der Waals surface area (Å²) in [7, 11) is 0. The van der Waals surface area contributed by atoms with Gasteiger partial charge in [-0.05, 0) is 24.1 Å². The van der Waals surface area contributed by atoms with Crippen molar-refractivity contribution in [2.24, 2.45) is 0 Å². The third-order valence-electron chi connectivity index (χ3n) is 2.48. The SMILES string of the molecule is C#Cc1ccc([C@H]2CCC(=O)N2)cc1. The zero-order chi connectivity index (χ0) is 9.97. The maximum Gasteiger partial charge on any atom is 0.220 e. The standard InChI is InChI=1S/C12H11NO/c1-2-9-3-5-10(6-4-9)11-7-8-12(14)13-11/h1,3-6,11H,7-8H2,(H,13,14)/t11-/m1/s1. The summed E-state index contributed by atoms with van der Waals surface area (Å²) in [4.78, 5) is 11.0. The summed E-state index contributed by atoms with van der Waals surface area (Å²) >= 11 is 0. The third kappa shape index (κ3) is 1.62. The lowest BCUT2D eigenvalue weighted by Gasteiger charge is -2.09. The largest absolute Gasteiger partial charge is 0.349 e. The van der Waals surface area contributed by atoms with Crippen molar-refractivity contribution in [2.75, 3.05) is 0 Å². The number of carbonyl (C=O) groups is 1. The van der Waals surface area contributed by atoms with E-state index in [1.807, 2.05) is 24.3 Å². The van der Waals surface area contributed by atoms with E-state index >= 15 is 0 Å². The van der Waals surface area contributed by atoms with E-state index in [9.17, 15) is 4.79 Å². The van der Waals surface area contributed by atoms with E-state index in [2.05, 4.69) is 11.2 Å². The highest BCUT2D eigenvalue weighted by molar-refractivity contribution is 5.78. The molecular formula is C12H11NO. The van der Waals surface area contributed by atoms with E-state index in [1.54, 1.807) is 0 Å². The Morgan fingerprint density at radius 2 is 2.07 bits per heavy atom. The first-order valence-corrected chi connectivity index (χ1v) is 4.65. The van der Waals surface area contributed by atoms with E-state index in [1.165, 1.54) is 0 Å². The Labute approximate surface area is 83.3 Å². The van der Waals surface area contributed by atoms with E-state index in [4.69, 9.17) is 6.42 Å². The molecule has 0 saturated carbocycles. The van der Waals surface area contributed by atoms with Gasteiger partial charge in [0, 0.05) is 12.0 Å². The molecule has 1 aromatic rings. The minimum absolute atomic E-state index is 0.135. The molecule has 1 aromatic carbocycles. The Balaban J connectivity index is 2.18. The molecule has 2 heteroatoms. The lowest BCUT2D eigenvalue weighted by atomic mass is 10.0. The molecule has 0 aliphatic carbocycles. The molecule has 1 fully saturated rings. The van der Waals surface area contributed by atoms with Crippen LogP contribution in [0.15, 0.2) is 24.3 Å². The zero-order valence-electron chi connectivity index (χ0n) is 7.79. The van der Waals surface area contributed by atoms with Crippen LogP contribution in [0.2, 0.25) is 0 Å². The molecule has 0 radical (unpaired) electrons. The van der Waals surface area contributed by atoms with Crippen LogP contribution in [0.25, 0.3) is 0 Å². The predicted octanol–water partition coefficient (Wildman–Crippen LogP) is 1.62. The molecule has 14 heavy (non-hydrogen) atoms. The van der Waals surface area contributed by atoms with Gasteiger partial charge in [-0.15, -0.1) is 6.42 Å². The summed E-state index contributed by atoms with van der Waals surface area (Å²) < 4.78 is 0. The van der Waals surface area contributed by atoms with E-state index in [0.29, 0.717) is 6.42 Å². The Kier molecular flexibility index (Phi) is 2.24. The quantitative estimate of drug-likeness (QED) is 0.662. The number of hydrogen-bond acceptors (Lipinski definition) is 1. The van der Waals surface area contributed by atoms with Crippen LogP contribution >= 0.6 is 0 Å². The van der Waals surface area contributed by atoms with E-state index in [0.717, 1.165) is 17.5 Å². The number of terminal acetylenes is 1. The second kappa shape index (κ2) is 3.55. The summed E-state index contributed by atoms with van der Waals surface area (Å²) in [5.74, 6) is 2.70. The first-order chi connectivity index (χ1) is 6.79. The second-order valence-electron chi connectivity index (χ2n) is 3.43. The van der Waals surface area contributed by atoms with Crippen molar-refractivity contribution in [1.82, 2.24) is 5.32 Å². The van der Waals surface area contributed by atoms with Crippen LogP contribution in [-0.2, 0) is 4.79 Å². The van der Waals surface area contributed by atoms with Gasteiger partial charge in [-0.3, -0.25) is 4.79 Å². The summed E-state index contributed by atoms with van der Waals surface area (Å²) in [5.41, 5.74) is 2.01. The van der Waals surface area contributed by atoms with Gasteiger partial charge in [0.2, 0.25) is 5.91 Å². The maximum atomic E-state index is 11.0. The first kappa shape index (κ1) is 8.83. The summed E-state index contributed by atoms with van der Waals surface area (Å²) in [5, 5.41) is 2.92. The molecule has 0 aromatic heterocycles. The average molecular weight is 185 g/mol. The Morgan fingerprint density at radius 3 is 2.57 bits per heavy atom. The van der Waals surface area contributed by atoms with Crippen LogP contribution in [-0.4, -0.2) is 5.91 Å². The predicted molar refractivity (Wildman–Crippen MR) is 54.5 cm³/mol. The highest BCUT2D eigenvalue weighted by Gasteiger charge is 2.21. The van der Waals surface area contributed by atoms with Gasteiger partial charge in [-0.2, -0.15) is 0 Å². The van der Waals surface area contributed by atoms with E-state index in [-0.39, 0.29) is 11.9 Å². The molecule has 1 aliphatic heterocycles. The normalized spacial score (nSPS) is 20.2. The lowest BCUT2D eigenvalue weighted by Crippen LogP contribution is -2.18. The van der Waals surface area contributed by atoms with Crippen LogP contribution in [0.4, 0.5) is 0 Å². The average Bonchev–Trinajstić information content (AvgIpc) is 2.65. The monoisotopic (exact) mass is 185 g/mol. The van der Waals surface area contributed by atoms with E-state index < -0.39 is 0 Å². The van der Waals surface area contributed by atoms with Gasteiger partial charge in [0.25, 0.3) is 0 Å². The minimum atomic E-state index is 0.135. The maximum absolute atomic E-state index is 11.0. The summed E-state index contributed by atoms with van der Waals surface area (Å²) in [6.45, 7) is 0. The highest BCUT2D eigenvalue weighted by atomic mass is 16.1. The number of hydrogen-bond donors (Lipinski definition) is 1. The van der Waals surface area contributed by atoms with Crippen LogP contribution in [0.1, 0.15) is 30.0 Å². The Bertz CT molecular complexity index is 386. The van der Waals surface area contributed by atoms with Crippen molar-refractivity contribution >= 4 is 5.91 Å². The lowest BCUT2D eigenvalue weighted by molar-refractivity contribution is -0.119. The third-order valence-corrected chi connectivity index (χ3v) is 2.48. The van der Waals surface area contributed by atoms with Gasteiger partial charge in [-0.25, -0.2) is 0 Å². The molecule has 2 rings (SSSR count). The molecule has 1 atom stereocenters. The molecule has 2 nitrogen and oxygen atoms in total. The van der Waals surface area contributed by atoms with Crippen molar-refractivity contribution in [1.29, 1.82) is 0 Å². The fourth-order valence-corrected chi connectivity index (χ4v) is 1.68. The molecule has 0 unspecified atom stereocenters. The van der Waals surface area contributed by atoms with Gasteiger partial charge in [0.15, 0.2) is 0 Å². The topological polar surface area (TPSA) is 29.1 Å². The summed E-state index contributed by atoms with van der Waals surface area (Å²) in [6, 6.07) is 7.94. The minimum Gasteiger partial charge on any atom is -0.349 e. The van der Waals surface area contributed by atoms with Crippen LogP contribution in [0.5, 0.6) is 0 Å². The number of benzene rings is 1. The number of nitrogens with one attached hydrogen (secondary N) is 1. The van der Waals surface area contributed by atoms with Crippen molar-refractivity contribution in [2.45, 2.75) is 18.9 Å². The van der Waals surface area contributed by atoms with Crippen molar-refractivity contribution in [3.8, 4) is 12.3 Å². The smallest absolute Gasteiger partial charge is 0.220 e. The molecule has 1 N–H and O–H groups in total. The second-order valence-corrected chi connectivity index (χ2v) is 3.43. The molecule has 1 saturated heterocycles. The molecule has 1 amide bonds. The van der Waals surface area contributed by atoms with Crippen LogP contribution in [0.3, 0.4) is 0 Å². The van der Waals surface area contributed by atoms with Crippen LogP contribution in [0, 0.1) is 12.3 Å². The molecule has 70 valence electrons. The molecule has 1 heterocycles. The van der Waals surface area contributed by atoms with Gasteiger partial charge in [-0.1, -0.05) is 18.1 Å². The van der Waals surface area contributed by atoms with Crippen molar-refractivity contribution in [3.05, 3.63) is 35.4 Å². The fourth-order valence-electron chi connectivity index (χ4n) is 1.68. The van der Waals surface area contributed by atoms with Crippen molar-refractivity contribution < 1.29 is 4.79 Å². The van der Waals surface area contributed by atoms with Crippen molar-refractivity contribution in [3.63, 3.8) is 0 Å². The zero-order valence-corrected chi connectivity index (χ0v) is 7.79. The number of amides is 1. The highest BCUT2D eigenvalue weighted by Crippen LogP contribution is 2.23. The fraction of sp³-hybridized carbons (Fsp3) is 0.250. The molecule has 0 bridgehead atoms. The molecule has 1 aliphatic rings. The number of rotatable bonds is 1. The van der Waals surface area contributed by atoms with Gasteiger partial charge in [0.1, 0.15) is 0 Å². The van der Waals surface area contributed by atoms with Gasteiger partial charge >= 0.3 is 0 Å². The Hall–Kier alpha value is -1.75. The summed E-state index contributed by atoms with van der Waals surface area (Å²) in [6.07, 6.45) is 6.77. The number of carbonyl (C=O) groups excluding carboxylic acids is 1. The van der Waals surface area contributed by atoms with Crippen LogP contribution < -0.4 is 5.32 Å². The Morgan fingerprint density at radius 1 is 1.36 bits per heavy atom.